The van der Waals surface area contributed by atoms with E-state index in [0.717, 1.165) is 10.9 Å². The lowest BCUT2D eigenvalue weighted by Gasteiger charge is -2.16. The second-order valence-corrected chi connectivity index (χ2v) is 8.42. The number of carbonyl (C=O) groups excluding carboxylic acids is 1. The fourth-order valence-electron chi connectivity index (χ4n) is 3.24. The number of fused-ring (bicyclic) bond motifs is 2. The number of carbonyl (C=O) groups is 1. The van der Waals surface area contributed by atoms with Crippen LogP contribution in [0.3, 0.4) is 0 Å². The minimum Gasteiger partial charge on any atom is -0.325 e. The number of hydrogen-bond donors (Lipinski definition) is 1. The number of amides is 1. The Bertz CT molecular complexity index is 1310. The zero-order chi connectivity index (χ0) is 21.3. The molecule has 0 bridgehead atoms. The van der Waals surface area contributed by atoms with Crippen LogP contribution in [0, 0.1) is 0 Å². The molecule has 0 aliphatic heterocycles. The summed E-state index contributed by atoms with van der Waals surface area (Å²) in [5.41, 5.74) is 1.89. The van der Waals surface area contributed by atoms with Gasteiger partial charge in [-0.1, -0.05) is 29.4 Å². The van der Waals surface area contributed by atoms with E-state index in [0.29, 0.717) is 26.8 Å². The lowest BCUT2D eigenvalue weighted by Crippen LogP contribution is -2.25. The summed E-state index contributed by atoms with van der Waals surface area (Å²) in [5.74, 6) is -0.0749. The normalized spacial score (nSPS) is 11.3. The van der Waals surface area contributed by atoms with E-state index in [1.807, 2.05) is 44.2 Å². The van der Waals surface area contributed by atoms with Crippen LogP contribution in [-0.2, 0) is 4.79 Å². The van der Waals surface area contributed by atoms with Gasteiger partial charge in [-0.05, 0) is 56.3 Å². The number of anilines is 1. The summed E-state index contributed by atoms with van der Waals surface area (Å²) in [6.45, 7) is 3.83. The van der Waals surface area contributed by atoms with Crippen LogP contribution in [0.25, 0.3) is 21.8 Å². The summed E-state index contributed by atoms with van der Waals surface area (Å²) in [4.78, 5) is 34.5. The standard InChI is InChI=1S/C22H19ClN4O2S/c1-13(2)27-21(29)16-9-8-14(23)11-19(16)26-22(27)30-12-20(28)25-18-7-3-6-17-15(18)5-4-10-24-17/h3-11,13H,12H2,1-2H3,(H,25,28). The van der Waals surface area contributed by atoms with Crippen LogP contribution in [0.15, 0.2) is 64.7 Å². The number of benzene rings is 2. The van der Waals surface area contributed by atoms with Gasteiger partial charge in [0.1, 0.15) is 0 Å². The number of nitrogens with one attached hydrogen (secondary N) is 1. The molecule has 1 N–H and O–H groups in total. The van der Waals surface area contributed by atoms with Crippen molar-refractivity contribution in [3.8, 4) is 0 Å². The van der Waals surface area contributed by atoms with Crippen molar-refractivity contribution in [2.24, 2.45) is 0 Å². The maximum absolute atomic E-state index is 12.9. The molecule has 0 saturated heterocycles. The molecule has 2 aromatic heterocycles. The zero-order valence-corrected chi connectivity index (χ0v) is 18.0. The Labute approximate surface area is 182 Å². The Balaban J connectivity index is 1.60. The molecule has 2 heterocycles. The highest BCUT2D eigenvalue weighted by molar-refractivity contribution is 7.99. The van der Waals surface area contributed by atoms with E-state index >= 15 is 0 Å². The van der Waals surface area contributed by atoms with Crippen LogP contribution in [0.1, 0.15) is 19.9 Å². The van der Waals surface area contributed by atoms with Gasteiger partial charge in [-0.25, -0.2) is 4.98 Å². The minimum absolute atomic E-state index is 0.0974. The van der Waals surface area contributed by atoms with E-state index in [9.17, 15) is 9.59 Å². The first-order valence-corrected chi connectivity index (χ1v) is 10.8. The van der Waals surface area contributed by atoms with Gasteiger partial charge in [-0.3, -0.25) is 19.1 Å². The summed E-state index contributed by atoms with van der Waals surface area (Å²) < 4.78 is 1.61. The minimum atomic E-state index is -0.188. The van der Waals surface area contributed by atoms with Gasteiger partial charge in [0.2, 0.25) is 5.91 Å². The van der Waals surface area contributed by atoms with E-state index in [1.165, 1.54) is 11.8 Å². The summed E-state index contributed by atoms with van der Waals surface area (Å²) in [7, 11) is 0. The Hall–Kier alpha value is -2.90. The molecule has 0 saturated carbocycles. The van der Waals surface area contributed by atoms with Gasteiger partial charge in [0.15, 0.2) is 5.16 Å². The van der Waals surface area contributed by atoms with E-state index in [4.69, 9.17) is 11.6 Å². The van der Waals surface area contributed by atoms with Crippen LogP contribution < -0.4 is 10.9 Å². The molecule has 4 aromatic rings. The number of rotatable bonds is 5. The third-order valence-corrected chi connectivity index (χ3v) is 5.79. The third kappa shape index (κ3) is 4.04. The Kier molecular flexibility index (Phi) is 5.74. The summed E-state index contributed by atoms with van der Waals surface area (Å²) in [6, 6.07) is 14.3. The SMILES string of the molecule is CC(C)n1c(SCC(=O)Nc2cccc3ncccc23)nc2cc(Cl)ccc2c1=O. The van der Waals surface area contributed by atoms with Crippen molar-refractivity contribution >= 4 is 56.8 Å². The molecule has 0 radical (unpaired) electrons. The van der Waals surface area contributed by atoms with Crippen LogP contribution in [-0.4, -0.2) is 26.2 Å². The van der Waals surface area contributed by atoms with Crippen molar-refractivity contribution in [2.45, 2.75) is 25.0 Å². The Morgan fingerprint density at radius 1 is 1.13 bits per heavy atom. The van der Waals surface area contributed by atoms with E-state index in [2.05, 4.69) is 15.3 Å². The summed E-state index contributed by atoms with van der Waals surface area (Å²) >= 11 is 7.29. The van der Waals surface area contributed by atoms with Crippen molar-refractivity contribution < 1.29 is 4.79 Å². The van der Waals surface area contributed by atoms with Crippen molar-refractivity contribution in [1.82, 2.24) is 14.5 Å². The average Bonchev–Trinajstić information content (AvgIpc) is 2.72. The summed E-state index contributed by atoms with van der Waals surface area (Å²) in [6.07, 6.45) is 1.71. The first kappa shape index (κ1) is 20.4. The molecule has 152 valence electrons. The van der Waals surface area contributed by atoms with E-state index in [1.54, 1.807) is 29.0 Å². The van der Waals surface area contributed by atoms with Gasteiger partial charge >= 0.3 is 0 Å². The Morgan fingerprint density at radius 2 is 1.97 bits per heavy atom. The number of nitrogens with zero attached hydrogens (tertiary/aromatic N) is 3. The predicted molar refractivity (Wildman–Crippen MR) is 122 cm³/mol. The van der Waals surface area contributed by atoms with Gasteiger partial charge in [0, 0.05) is 22.6 Å². The molecule has 0 fully saturated rings. The second kappa shape index (κ2) is 8.45. The van der Waals surface area contributed by atoms with Crippen LogP contribution in [0.4, 0.5) is 5.69 Å². The Morgan fingerprint density at radius 3 is 2.77 bits per heavy atom. The quantitative estimate of drug-likeness (QED) is 0.354. The van der Waals surface area contributed by atoms with Gasteiger partial charge < -0.3 is 5.32 Å². The van der Waals surface area contributed by atoms with Gasteiger partial charge in [-0.15, -0.1) is 0 Å². The van der Waals surface area contributed by atoms with Crippen molar-refractivity contribution in [3.05, 3.63) is 70.1 Å². The van der Waals surface area contributed by atoms with Crippen molar-refractivity contribution in [1.29, 1.82) is 0 Å². The van der Waals surface area contributed by atoms with Gasteiger partial charge in [0.25, 0.3) is 5.56 Å². The van der Waals surface area contributed by atoms with Crippen LogP contribution >= 0.6 is 23.4 Å². The molecule has 0 spiro atoms. The number of hydrogen-bond acceptors (Lipinski definition) is 5. The molecule has 2 aromatic carbocycles. The monoisotopic (exact) mass is 438 g/mol. The number of thioether (sulfide) groups is 1. The predicted octanol–water partition coefficient (Wildman–Crippen LogP) is 4.91. The molecule has 0 aliphatic rings. The second-order valence-electron chi connectivity index (χ2n) is 7.04. The first-order valence-electron chi connectivity index (χ1n) is 9.42. The number of aromatic nitrogens is 3. The van der Waals surface area contributed by atoms with Crippen LogP contribution in [0.5, 0.6) is 0 Å². The molecule has 8 heteroatoms. The molecule has 6 nitrogen and oxygen atoms in total. The molecule has 4 rings (SSSR count). The highest BCUT2D eigenvalue weighted by Crippen LogP contribution is 2.24. The lowest BCUT2D eigenvalue weighted by molar-refractivity contribution is -0.113. The highest BCUT2D eigenvalue weighted by Gasteiger charge is 2.16. The molecule has 0 unspecified atom stereocenters. The molecule has 0 atom stereocenters. The maximum atomic E-state index is 12.9. The van der Waals surface area contributed by atoms with E-state index < -0.39 is 0 Å². The highest BCUT2D eigenvalue weighted by atomic mass is 35.5. The first-order chi connectivity index (χ1) is 14.4. The van der Waals surface area contributed by atoms with Crippen molar-refractivity contribution in [2.75, 3.05) is 11.1 Å². The molecule has 0 aliphatic carbocycles. The van der Waals surface area contributed by atoms with Crippen LogP contribution in [0.2, 0.25) is 5.02 Å². The third-order valence-electron chi connectivity index (χ3n) is 4.60. The molecular formula is C22H19ClN4O2S. The lowest BCUT2D eigenvalue weighted by atomic mass is 10.2. The fraction of sp³-hybridized carbons (Fsp3) is 0.182. The molecular weight excluding hydrogens is 420 g/mol. The molecule has 1 amide bonds. The van der Waals surface area contributed by atoms with Crippen molar-refractivity contribution in [3.63, 3.8) is 0 Å². The number of halogens is 1. The number of pyridine rings is 1. The smallest absolute Gasteiger partial charge is 0.262 e. The zero-order valence-electron chi connectivity index (χ0n) is 16.4. The average molecular weight is 439 g/mol. The van der Waals surface area contributed by atoms with Gasteiger partial charge in [-0.2, -0.15) is 0 Å². The largest absolute Gasteiger partial charge is 0.325 e. The summed E-state index contributed by atoms with van der Waals surface area (Å²) in [5, 5.41) is 5.30. The van der Waals surface area contributed by atoms with E-state index in [-0.39, 0.29) is 23.3 Å². The molecule has 30 heavy (non-hydrogen) atoms. The van der Waals surface area contributed by atoms with Gasteiger partial charge in [0.05, 0.1) is 27.9 Å². The maximum Gasteiger partial charge on any atom is 0.262 e. The topological polar surface area (TPSA) is 76.9 Å². The fourth-order valence-corrected chi connectivity index (χ4v) is 4.33.